The Hall–Kier alpha value is -2.60. The predicted molar refractivity (Wildman–Crippen MR) is 115 cm³/mol. The van der Waals surface area contributed by atoms with Gasteiger partial charge in [0.05, 0.1) is 5.39 Å². The molecule has 0 unspecified atom stereocenters. The van der Waals surface area contributed by atoms with Crippen LogP contribution in [0, 0.1) is 0 Å². The first-order chi connectivity index (χ1) is 13.7. The van der Waals surface area contributed by atoms with Gasteiger partial charge in [-0.2, -0.15) is 9.97 Å². The van der Waals surface area contributed by atoms with Crippen molar-refractivity contribution in [2.45, 2.75) is 52.0 Å². The number of halogens is 1. The fourth-order valence-electron chi connectivity index (χ4n) is 3.07. The van der Waals surface area contributed by atoms with E-state index in [1.165, 1.54) is 19.3 Å². The van der Waals surface area contributed by atoms with Gasteiger partial charge in [0.2, 0.25) is 11.9 Å². The van der Waals surface area contributed by atoms with Crippen molar-refractivity contribution in [3.63, 3.8) is 0 Å². The van der Waals surface area contributed by atoms with Gasteiger partial charge in [-0.1, -0.05) is 62.4 Å². The molecule has 0 aliphatic carbocycles. The molecule has 28 heavy (non-hydrogen) atoms. The van der Waals surface area contributed by atoms with Crippen molar-refractivity contribution in [1.29, 1.82) is 0 Å². The lowest BCUT2D eigenvalue weighted by molar-refractivity contribution is -0.116. The molecule has 3 aromatic rings. The number of anilines is 2. The van der Waals surface area contributed by atoms with E-state index >= 15 is 0 Å². The van der Waals surface area contributed by atoms with E-state index in [4.69, 9.17) is 11.6 Å². The highest BCUT2D eigenvalue weighted by atomic mass is 35.5. The maximum Gasteiger partial charge on any atom is 0.232 e. The van der Waals surface area contributed by atoms with E-state index in [9.17, 15) is 4.79 Å². The van der Waals surface area contributed by atoms with E-state index in [1.54, 1.807) is 0 Å². The molecule has 148 valence electrons. The Balaban J connectivity index is 1.61. The van der Waals surface area contributed by atoms with Gasteiger partial charge in [0.1, 0.15) is 10.8 Å². The lowest BCUT2D eigenvalue weighted by atomic mass is 10.1. The minimum absolute atomic E-state index is 0.0792. The number of fused-ring (bicyclic) bond motifs is 1. The van der Waals surface area contributed by atoms with Crippen LogP contribution in [0.5, 0.6) is 0 Å². The van der Waals surface area contributed by atoms with Crippen LogP contribution in [0.2, 0.25) is 5.15 Å². The van der Waals surface area contributed by atoms with E-state index in [-0.39, 0.29) is 11.9 Å². The average Bonchev–Trinajstić information content (AvgIpc) is 3.10. The Morgan fingerprint density at radius 2 is 1.89 bits per heavy atom. The van der Waals surface area contributed by atoms with Crippen LogP contribution in [0.3, 0.4) is 0 Å². The summed E-state index contributed by atoms with van der Waals surface area (Å²) in [6.07, 6.45) is 7.85. The molecule has 0 saturated carbocycles. The third-order valence-electron chi connectivity index (χ3n) is 4.58. The number of amides is 1. The summed E-state index contributed by atoms with van der Waals surface area (Å²) in [5.74, 6) is 0.157. The Morgan fingerprint density at radius 1 is 1.11 bits per heavy atom. The molecule has 0 atom stereocenters. The number of aromatic nitrogens is 3. The number of H-pyrrole nitrogens is 1. The van der Waals surface area contributed by atoms with Crippen LogP contribution in [0.4, 0.5) is 11.6 Å². The number of rotatable bonds is 10. The van der Waals surface area contributed by atoms with E-state index in [2.05, 4.69) is 32.5 Å². The zero-order valence-electron chi connectivity index (χ0n) is 16.1. The highest BCUT2D eigenvalue weighted by Gasteiger charge is 2.14. The van der Waals surface area contributed by atoms with Gasteiger partial charge < -0.3 is 10.3 Å². The maximum absolute atomic E-state index is 12.1. The van der Waals surface area contributed by atoms with Crippen LogP contribution >= 0.6 is 11.6 Å². The van der Waals surface area contributed by atoms with Gasteiger partial charge in [-0.05, 0) is 18.6 Å². The summed E-state index contributed by atoms with van der Waals surface area (Å²) in [6.45, 7) is 2.77. The maximum atomic E-state index is 12.1. The summed E-state index contributed by atoms with van der Waals surface area (Å²) in [6, 6.07) is 9.94. The molecular formula is C21H26ClN5O. The predicted octanol–water partition coefficient (Wildman–Crippen LogP) is 5.52. The Kier molecular flexibility index (Phi) is 7.25. The molecule has 6 nitrogen and oxygen atoms in total. The van der Waals surface area contributed by atoms with E-state index in [1.807, 2.05) is 36.5 Å². The van der Waals surface area contributed by atoms with Crippen LogP contribution in [0.15, 0.2) is 36.5 Å². The van der Waals surface area contributed by atoms with Crippen LogP contribution in [-0.4, -0.2) is 20.9 Å². The summed E-state index contributed by atoms with van der Waals surface area (Å²) in [5, 5.41) is 7.19. The van der Waals surface area contributed by atoms with Crippen molar-refractivity contribution >= 4 is 40.2 Å². The average molecular weight is 400 g/mol. The minimum Gasteiger partial charge on any atom is -0.381 e. The number of benzene rings is 1. The number of hydrogen-bond acceptors (Lipinski definition) is 4. The van der Waals surface area contributed by atoms with Crippen LogP contribution < -0.4 is 10.6 Å². The van der Waals surface area contributed by atoms with Gasteiger partial charge in [0.15, 0.2) is 0 Å². The summed E-state index contributed by atoms with van der Waals surface area (Å²) >= 11 is 6.39. The van der Waals surface area contributed by atoms with Crippen molar-refractivity contribution in [2.75, 3.05) is 10.6 Å². The van der Waals surface area contributed by atoms with Crippen LogP contribution in [0.1, 0.15) is 51.0 Å². The molecule has 1 amide bonds. The highest BCUT2D eigenvalue weighted by Crippen LogP contribution is 2.26. The zero-order chi connectivity index (χ0) is 19.8. The van der Waals surface area contributed by atoms with Gasteiger partial charge in [-0.25, -0.2) is 0 Å². The van der Waals surface area contributed by atoms with Crippen molar-refractivity contribution in [1.82, 2.24) is 15.0 Å². The number of hydrogen-bond donors (Lipinski definition) is 3. The number of nitrogens with zero attached hydrogens (tertiary/aromatic N) is 2. The molecule has 0 fully saturated rings. The quantitative estimate of drug-likeness (QED) is 0.309. The van der Waals surface area contributed by atoms with Crippen LogP contribution in [0.25, 0.3) is 11.0 Å². The third-order valence-corrected chi connectivity index (χ3v) is 4.86. The second-order valence-corrected chi connectivity index (χ2v) is 7.17. The number of carbonyl (C=O) groups is 1. The van der Waals surface area contributed by atoms with E-state index in [0.717, 1.165) is 29.5 Å². The lowest BCUT2D eigenvalue weighted by Gasteiger charge is -2.07. The monoisotopic (exact) mass is 399 g/mol. The van der Waals surface area contributed by atoms with Crippen molar-refractivity contribution in [3.05, 3.63) is 47.2 Å². The van der Waals surface area contributed by atoms with Crippen LogP contribution in [-0.2, 0) is 11.3 Å². The molecule has 1 aromatic carbocycles. The number of aromatic amines is 1. The first-order valence-corrected chi connectivity index (χ1v) is 10.2. The molecule has 0 bridgehead atoms. The Bertz CT molecular complexity index is 910. The fourth-order valence-corrected chi connectivity index (χ4v) is 3.37. The molecule has 0 saturated heterocycles. The standard InChI is InChI=1S/C21H26ClN5O/c1-2-3-4-5-9-12-17(28)25-21-26-19(22)18-15(14-24-20(18)27-21)13-23-16-10-7-6-8-11-16/h6-8,10-11,14,23H,2-5,9,12-13H2,1H3,(H2,24,25,26,27,28). The second kappa shape index (κ2) is 10.1. The molecule has 2 heterocycles. The fraction of sp³-hybridized carbons (Fsp3) is 0.381. The van der Waals surface area contributed by atoms with Gasteiger partial charge in [0, 0.05) is 30.4 Å². The van der Waals surface area contributed by atoms with Gasteiger partial charge in [0.25, 0.3) is 0 Å². The van der Waals surface area contributed by atoms with E-state index in [0.29, 0.717) is 23.8 Å². The summed E-state index contributed by atoms with van der Waals surface area (Å²) < 4.78 is 0. The van der Waals surface area contributed by atoms with Gasteiger partial charge >= 0.3 is 0 Å². The molecular weight excluding hydrogens is 374 g/mol. The highest BCUT2D eigenvalue weighted by molar-refractivity contribution is 6.34. The molecule has 2 aromatic heterocycles. The Morgan fingerprint density at radius 3 is 2.68 bits per heavy atom. The Labute approximate surface area is 170 Å². The SMILES string of the molecule is CCCCCCCC(=O)Nc1nc(Cl)c2c(CNc3ccccc3)c[nH]c2n1. The largest absolute Gasteiger partial charge is 0.381 e. The molecule has 3 N–H and O–H groups in total. The minimum atomic E-state index is -0.0792. The topological polar surface area (TPSA) is 82.7 Å². The number of para-hydroxylation sites is 1. The molecule has 3 rings (SSSR count). The third kappa shape index (κ3) is 5.45. The molecule has 0 spiro atoms. The summed E-state index contributed by atoms with van der Waals surface area (Å²) in [5.41, 5.74) is 2.61. The molecule has 0 aliphatic heterocycles. The van der Waals surface area contributed by atoms with Crippen molar-refractivity contribution in [3.8, 4) is 0 Å². The normalized spacial score (nSPS) is 10.9. The summed E-state index contributed by atoms with van der Waals surface area (Å²) in [7, 11) is 0. The first-order valence-electron chi connectivity index (χ1n) is 9.79. The molecule has 0 aliphatic rings. The number of unbranched alkanes of at least 4 members (excludes halogenated alkanes) is 4. The summed E-state index contributed by atoms with van der Waals surface area (Å²) in [4.78, 5) is 23.9. The van der Waals surface area contributed by atoms with Gasteiger partial charge in [-0.15, -0.1) is 0 Å². The van der Waals surface area contributed by atoms with Gasteiger partial charge in [-0.3, -0.25) is 10.1 Å². The smallest absolute Gasteiger partial charge is 0.232 e. The first kappa shape index (κ1) is 20.1. The number of nitrogens with one attached hydrogen (secondary N) is 3. The number of carbonyl (C=O) groups excluding carboxylic acids is 1. The van der Waals surface area contributed by atoms with Crippen molar-refractivity contribution < 1.29 is 4.79 Å². The van der Waals surface area contributed by atoms with Crippen molar-refractivity contribution in [2.24, 2.45) is 0 Å². The molecule has 0 radical (unpaired) electrons. The second-order valence-electron chi connectivity index (χ2n) is 6.81. The van der Waals surface area contributed by atoms with E-state index < -0.39 is 0 Å². The lowest BCUT2D eigenvalue weighted by Crippen LogP contribution is -2.13. The molecule has 7 heteroatoms. The zero-order valence-corrected chi connectivity index (χ0v) is 16.9.